The summed E-state index contributed by atoms with van der Waals surface area (Å²) in [5.41, 5.74) is 4.63. The van der Waals surface area contributed by atoms with Crippen molar-refractivity contribution in [3.8, 4) is 0 Å². The fourth-order valence-electron chi connectivity index (χ4n) is 3.02. The van der Waals surface area contributed by atoms with Gasteiger partial charge in [-0.3, -0.25) is 9.69 Å². The maximum Gasteiger partial charge on any atom is 0.416 e. The highest BCUT2D eigenvalue weighted by Gasteiger charge is 2.47. The van der Waals surface area contributed by atoms with Crippen molar-refractivity contribution in [1.82, 2.24) is 4.90 Å². The van der Waals surface area contributed by atoms with Crippen molar-refractivity contribution in [2.24, 2.45) is 10.7 Å². The number of hydrogen-bond donors (Lipinski definition) is 1. The maximum atomic E-state index is 12.9. The average Bonchev–Trinajstić information content (AvgIpc) is 3.08. The van der Waals surface area contributed by atoms with Crippen LogP contribution in [0.3, 0.4) is 0 Å². The molecule has 1 aromatic heterocycles. The Kier molecular flexibility index (Phi) is 4.10. The molecule has 1 aromatic carbocycles. The molecule has 1 amide bonds. The first-order valence-corrected chi connectivity index (χ1v) is 8.36. The molecule has 2 heterocycles. The van der Waals surface area contributed by atoms with Crippen LogP contribution in [0.25, 0.3) is 0 Å². The molecule has 0 radical (unpaired) electrons. The van der Waals surface area contributed by atoms with Crippen molar-refractivity contribution < 1.29 is 18.0 Å². The van der Waals surface area contributed by atoms with Crippen molar-refractivity contribution in [3.05, 3.63) is 57.8 Å². The van der Waals surface area contributed by atoms with Gasteiger partial charge in [-0.1, -0.05) is 18.2 Å². The monoisotopic (exact) mass is 367 g/mol. The van der Waals surface area contributed by atoms with Gasteiger partial charge in [0.2, 0.25) is 5.91 Å². The fourth-order valence-corrected chi connectivity index (χ4v) is 3.88. The normalized spacial score (nSPS) is 24.4. The average molecular weight is 367 g/mol. The van der Waals surface area contributed by atoms with E-state index in [1.807, 2.05) is 17.5 Å². The minimum atomic E-state index is -4.43. The van der Waals surface area contributed by atoms with Crippen LogP contribution in [0.1, 0.15) is 28.8 Å². The molecule has 0 spiro atoms. The van der Waals surface area contributed by atoms with Gasteiger partial charge in [-0.25, -0.2) is 4.99 Å². The molecule has 1 aliphatic heterocycles. The van der Waals surface area contributed by atoms with E-state index in [1.54, 1.807) is 6.92 Å². The Hall–Kier alpha value is -2.35. The van der Waals surface area contributed by atoms with E-state index in [9.17, 15) is 18.0 Å². The van der Waals surface area contributed by atoms with Crippen LogP contribution in [-0.4, -0.2) is 23.8 Å². The summed E-state index contributed by atoms with van der Waals surface area (Å²) in [5, 5.41) is 1.86. The molecule has 3 rings (SSSR count). The maximum absolute atomic E-state index is 12.9. The number of thiophene rings is 1. The van der Waals surface area contributed by atoms with Crippen molar-refractivity contribution in [1.29, 1.82) is 0 Å². The number of amides is 1. The van der Waals surface area contributed by atoms with Gasteiger partial charge in [0.1, 0.15) is 5.54 Å². The Bertz CT molecular complexity index is 815. The molecule has 2 aromatic rings. The smallest absolute Gasteiger partial charge is 0.369 e. The van der Waals surface area contributed by atoms with E-state index >= 15 is 0 Å². The van der Waals surface area contributed by atoms with Crippen LogP contribution >= 0.6 is 11.3 Å². The minimum absolute atomic E-state index is 0.0871. The van der Waals surface area contributed by atoms with E-state index in [0.29, 0.717) is 5.56 Å². The van der Waals surface area contributed by atoms with Gasteiger partial charge in [0.25, 0.3) is 0 Å². The molecule has 2 atom stereocenters. The van der Waals surface area contributed by atoms with E-state index in [-0.39, 0.29) is 11.9 Å². The zero-order valence-electron chi connectivity index (χ0n) is 13.5. The number of benzene rings is 1. The molecule has 0 aliphatic carbocycles. The van der Waals surface area contributed by atoms with Crippen molar-refractivity contribution >= 4 is 23.2 Å². The number of nitrogens with zero attached hydrogens (tertiary/aromatic N) is 2. The van der Waals surface area contributed by atoms with Gasteiger partial charge in [0.05, 0.1) is 11.5 Å². The van der Waals surface area contributed by atoms with Crippen molar-refractivity contribution in [2.75, 3.05) is 7.05 Å². The van der Waals surface area contributed by atoms with Gasteiger partial charge in [-0.2, -0.15) is 13.2 Å². The zero-order chi connectivity index (χ0) is 18.4. The summed E-state index contributed by atoms with van der Waals surface area (Å²) in [7, 11) is 1.51. The van der Waals surface area contributed by atoms with E-state index < -0.39 is 23.2 Å². The number of aliphatic imine (C=N–C) groups is 1. The van der Waals surface area contributed by atoms with E-state index in [0.717, 1.165) is 17.0 Å². The van der Waals surface area contributed by atoms with Crippen molar-refractivity contribution in [3.63, 3.8) is 0 Å². The molecule has 25 heavy (non-hydrogen) atoms. The number of halogens is 3. The molecule has 4 nitrogen and oxygen atoms in total. The Morgan fingerprint density at radius 2 is 1.88 bits per heavy atom. The highest BCUT2D eigenvalue weighted by atomic mass is 32.1. The van der Waals surface area contributed by atoms with Crippen LogP contribution in [0.15, 0.2) is 46.8 Å². The Balaban J connectivity index is 2.12. The lowest BCUT2D eigenvalue weighted by Crippen LogP contribution is -2.52. The van der Waals surface area contributed by atoms with Crippen LogP contribution < -0.4 is 5.73 Å². The topological polar surface area (TPSA) is 58.7 Å². The second-order valence-corrected chi connectivity index (χ2v) is 6.99. The summed E-state index contributed by atoms with van der Waals surface area (Å²) in [6.45, 7) is 1.78. The van der Waals surface area contributed by atoms with Crippen LogP contribution in [0.5, 0.6) is 0 Å². The van der Waals surface area contributed by atoms with Crippen LogP contribution in [0, 0.1) is 0 Å². The third kappa shape index (κ3) is 2.90. The lowest BCUT2D eigenvalue weighted by atomic mass is 9.77. The van der Waals surface area contributed by atoms with E-state index in [4.69, 9.17) is 5.73 Å². The highest BCUT2D eigenvalue weighted by molar-refractivity contribution is 7.10. The molecular weight excluding hydrogens is 351 g/mol. The van der Waals surface area contributed by atoms with E-state index in [1.165, 1.54) is 35.4 Å². The summed E-state index contributed by atoms with van der Waals surface area (Å²) in [4.78, 5) is 19.4. The Morgan fingerprint density at radius 1 is 1.24 bits per heavy atom. The SMILES string of the molecule is CN1C(=O)C(c2ccc(C(F)(F)F)cc2)C(C)(c2cccs2)N=C1N. The predicted molar refractivity (Wildman–Crippen MR) is 90.2 cm³/mol. The Morgan fingerprint density at radius 3 is 2.40 bits per heavy atom. The van der Waals surface area contributed by atoms with Crippen LogP contribution in [0.2, 0.25) is 0 Å². The summed E-state index contributed by atoms with van der Waals surface area (Å²) >= 11 is 1.43. The number of likely N-dealkylation sites (N-methyl/N-ethyl adjacent to an activating group) is 1. The van der Waals surface area contributed by atoms with Gasteiger partial charge in [-0.05, 0) is 36.1 Å². The zero-order valence-corrected chi connectivity index (χ0v) is 14.4. The molecule has 8 heteroatoms. The summed E-state index contributed by atoms with van der Waals surface area (Å²) < 4.78 is 38.4. The third-order valence-corrected chi connectivity index (χ3v) is 5.52. The summed E-state index contributed by atoms with van der Waals surface area (Å²) in [6.07, 6.45) is -4.43. The second-order valence-electron chi connectivity index (χ2n) is 6.04. The van der Waals surface area contributed by atoms with Gasteiger partial charge in [0.15, 0.2) is 5.96 Å². The van der Waals surface area contributed by atoms with Gasteiger partial charge < -0.3 is 5.73 Å². The number of carbonyl (C=O) groups is 1. The molecule has 132 valence electrons. The number of guanidine groups is 1. The summed E-state index contributed by atoms with van der Waals surface area (Å²) in [5.74, 6) is -0.974. The predicted octanol–water partition coefficient (Wildman–Crippen LogP) is 3.55. The largest absolute Gasteiger partial charge is 0.416 e. The Labute approximate surface area is 146 Å². The lowest BCUT2D eigenvalue weighted by molar-refractivity contribution is -0.137. The van der Waals surface area contributed by atoms with Crippen LogP contribution in [-0.2, 0) is 16.5 Å². The number of alkyl halides is 3. The van der Waals surface area contributed by atoms with Gasteiger partial charge in [0, 0.05) is 11.9 Å². The van der Waals surface area contributed by atoms with Gasteiger partial charge in [-0.15, -0.1) is 11.3 Å². The molecular formula is C17H16F3N3OS. The number of rotatable bonds is 2. The fraction of sp³-hybridized carbons (Fsp3) is 0.294. The lowest BCUT2D eigenvalue weighted by Gasteiger charge is -2.40. The first-order chi connectivity index (χ1) is 11.6. The first kappa shape index (κ1) is 17.5. The molecule has 2 unspecified atom stereocenters. The van der Waals surface area contributed by atoms with Crippen molar-refractivity contribution in [2.45, 2.75) is 24.6 Å². The van der Waals surface area contributed by atoms with Gasteiger partial charge >= 0.3 is 6.18 Å². The molecule has 0 saturated carbocycles. The minimum Gasteiger partial charge on any atom is -0.369 e. The third-order valence-electron chi connectivity index (χ3n) is 4.42. The summed E-state index contributed by atoms with van der Waals surface area (Å²) in [6, 6.07) is 8.32. The van der Waals surface area contributed by atoms with Crippen LogP contribution in [0.4, 0.5) is 13.2 Å². The quantitative estimate of drug-likeness (QED) is 0.882. The molecule has 1 aliphatic rings. The number of nitrogens with two attached hydrogens (primary N) is 1. The number of carbonyl (C=O) groups excluding carboxylic acids is 1. The molecule has 0 bridgehead atoms. The molecule has 0 saturated heterocycles. The standard InChI is InChI=1S/C17H16F3N3OS/c1-16(12-4-3-9-25-12)13(14(24)23(2)15(21)22-16)10-5-7-11(8-6-10)17(18,19)20/h3-9,13H,1-2H3,(H2,21,22). The second kappa shape index (κ2) is 5.87. The molecule has 0 fully saturated rings. The first-order valence-electron chi connectivity index (χ1n) is 7.48. The highest BCUT2D eigenvalue weighted by Crippen LogP contribution is 2.45. The molecule has 2 N–H and O–H groups in total. The number of hydrogen-bond acceptors (Lipinski definition) is 4. The van der Waals surface area contributed by atoms with E-state index in [2.05, 4.69) is 4.99 Å².